The molecule has 1 aromatic heterocycles. The Kier molecular flexibility index (Phi) is 1.77. The van der Waals surface area contributed by atoms with Crippen molar-refractivity contribution in [3.05, 3.63) is 28.9 Å². The summed E-state index contributed by atoms with van der Waals surface area (Å²) in [4.78, 5) is 10.6. The van der Waals surface area contributed by atoms with Crippen LogP contribution in [0.1, 0.15) is 10.4 Å². The van der Waals surface area contributed by atoms with Crippen LogP contribution in [0.3, 0.4) is 0 Å². The third-order valence-electron chi connectivity index (χ3n) is 1.86. The van der Waals surface area contributed by atoms with Gasteiger partial charge in [-0.2, -0.15) is 4.39 Å². The molecule has 0 saturated heterocycles. The number of hydrogen-bond acceptors (Lipinski definition) is 3. The van der Waals surface area contributed by atoms with Crippen LogP contribution < -0.4 is 5.73 Å². The Bertz CT molecular complexity index is 478. The van der Waals surface area contributed by atoms with E-state index in [2.05, 4.69) is 0 Å². The summed E-state index contributed by atoms with van der Waals surface area (Å²) in [5, 5.41) is 0.0582. The molecule has 2 aromatic rings. The van der Waals surface area contributed by atoms with E-state index in [4.69, 9.17) is 5.73 Å². The molecule has 13 heavy (non-hydrogen) atoms. The molecule has 0 fully saturated rings. The summed E-state index contributed by atoms with van der Waals surface area (Å²) in [6.45, 7) is 0. The first kappa shape index (κ1) is 8.19. The highest BCUT2D eigenvalue weighted by atomic mass is 32.1. The van der Waals surface area contributed by atoms with Crippen LogP contribution in [0.4, 0.5) is 10.1 Å². The molecule has 0 saturated carbocycles. The Labute approximate surface area is 77.8 Å². The lowest BCUT2D eigenvalue weighted by Gasteiger charge is -1.94. The number of benzene rings is 1. The van der Waals surface area contributed by atoms with Crippen molar-refractivity contribution >= 4 is 33.4 Å². The summed E-state index contributed by atoms with van der Waals surface area (Å²) >= 11 is 0.940. The molecule has 0 radical (unpaired) electrons. The van der Waals surface area contributed by atoms with Gasteiger partial charge in [-0.3, -0.25) is 4.79 Å². The smallest absolute Gasteiger partial charge is 0.188 e. The summed E-state index contributed by atoms with van der Waals surface area (Å²) in [5.41, 5.74) is 6.14. The minimum absolute atomic E-state index is 0.0677. The molecule has 0 aliphatic heterocycles. The van der Waals surface area contributed by atoms with Crippen molar-refractivity contribution in [3.8, 4) is 0 Å². The molecule has 0 aliphatic carbocycles. The maximum Gasteiger partial charge on any atom is 0.188 e. The number of fused-ring (bicyclic) bond motifs is 1. The molecule has 1 aromatic carbocycles. The zero-order valence-electron chi connectivity index (χ0n) is 6.58. The molecule has 2 rings (SSSR count). The van der Waals surface area contributed by atoms with Crippen LogP contribution in [0.15, 0.2) is 18.2 Å². The Morgan fingerprint density at radius 1 is 1.46 bits per heavy atom. The average molecular weight is 195 g/mol. The van der Waals surface area contributed by atoms with Crippen molar-refractivity contribution in [1.29, 1.82) is 0 Å². The van der Waals surface area contributed by atoms with E-state index < -0.39 is 5.13 Å². The van der Waals surface area contributed by atoms with Crippen molar-refractivity contribution in [2.45, 2.75) is 0 Å². The van der Waals surface area contributed by atoms with E-state index in [1.807, 2.05) is 0 Å². The van der Waals surface area contributed by atoms with E-state index in [-0.39, 0.29) is 5.56 Å². The predicted octanol–water partition coefficient (Wildman–Crippen LogP) is 2.44. The van der Waals surface area contributed by atoms with Crippen molar-refractivity contribution in [2.75, 3.05) is 5.73 Å². The third kappa shape index (κ3) is 1.10. The second-order valence-corrected chi connectivity index (χ2v) is 3.63. The topological polar surface area (TPSA) is 43.1 Å². The number of rotatable bonds is 1. The van der Waals surface area contributed by atoms with Crippen molar-refractivity contribution in [1.82, 2.24) is 0 Å². The number of thiophene rings is 1. The monoisotopic (exact) mass is 195 g/mol. The van der Waals surface area contributed by atoms with E-state index in [0.29, 0.717) is 22.1 Å². The van der Waals surface area contributed by atoms with Gasteiger partial charge in [-0.15, -0.1) is 11.3 Å². The third-order valence-corrected chi connectivity index (χ3v) is 2.82. The molecular weight excluding hydrogens is 189 g/mol. The second kappa shape index (κ2) is 2.81. The summed E-state index contributed by atoms with van der Waals surface area (Å²) in [6.07, 6.45) is 0.504. The molecule has 4 heteroatoms. The molecule has 2 N–H and O–H groups in total. The molecule has 1 heterocycles. The Morgan fingerprint density at radius 3 is 2.92 bits per heavy atom. The SMILES string of the molecule is Nc1cccc2sc(F)c(C=O)c12. The van der Waals surface area contributed by atoms with Crippen LogP contribution in [-0.2, 0) is 0 Å². The molecule has 0 bridgehead atoms. The van der Waals surface area contributed by atoms with Gasteiger partial charge in [-0.1, -0.05) is 6.07 Å². The fourth-order valence-electron chi connectivity index (χ4n) is 1.28. The van der Waals surface area contributed by atoms with Crippen LogP contribution in [0.2, 0.25) is 0 Å². The molecule has 0 unspecified atom stereocenters. The van der Waals surface area contributed by atoms with Crippen LogP contribution in [0.5, 0.6) is 0 Å². The van der Waals surface area contributed by atoms with Gasteiger partial charge in [-0.25, -0.2) is 0 Å². The standard InChI is InChI=1S/C9H6FNOS/c10-9-5(4-12)8-6(11)2-1-3-7(8)13-9/h1-4H,11H2. The van der Waals surface area contributed by atoms with Crippen LogP contribution >= 0.6 is 11.3 Å². The molecule has 0 atom stereocenters. The highest BCUT2D eigenvalue weighted by Gasteiger charge is 2.12. The lowest BCUT2D eigenvalue weighted by molar-refractivity contribution is 0.112. The van der Waals surface area contributed by atoms with E-state index >= 15 is 0 Å². The van der Waals surface area contributed by atoms with Gasteiger partial charge >= 0.3 is 0 Å². The number of nitrogen functional groups attached to an aromatic ring is 1. The van der Waals surface area contributed by atoms with Gasteiger partial charge in [0.15, 0.2) is 11.4 Å². The van der Waals surface area contributed by atoms with E-state index in [0.717, 1.165) is 11.3 Å². The zero-order valence-corrected chi connectivity index (χ0v) is 7.40. The van der Waals surface area contributed by atoms with Gasteiger partial charge in [0.2, 0.25) is 0 Å². The normalized spacial score (nSPS) is 10.5. The van der Waals surface area contributed by atoms with Crippen molar-refractivity contribution in [3.63, 3.8) is 0 Å². The number of hydrogen-bond donors (Lipinski definition) is 1. The van der Waals surface area contributed by atoms with Gasteiger partial charge in [0.25, 0.3) is 0 Å². The van der Waals surface area contributed by atoms with Gasteiger partial charge in [0.1, 0.15) is 0 Å². The molecular formula is C9H6FNOS. The first-order chi connectivity index (χ1) is 6.24. The fraction of sp³-hybridized carbons (Fsp3) is 0. The number of anilines is 1. The summed E-state index contributed by atoms with van der Waals surface area (Å²) in [7, 11) is 0. The van der Waals surface area contributed by atoms with Crippen LogP contribution in [0.25, 0.3) is 10.1 Å². The quantitative estimate of drug-likeness (QED) is 0.561. The minimum atomic E-state index is -0.470. The van der Waals surface area contributed by atoms with Crippen molar-refractivity contribution < 1.29 is 9.18 Å². The maximum absolute atomic E-state index is 13.1. The van der Waals surface area contributed by atoms with Gasteiger partial charge in [0.05, 0.1) is 5.56 Å². The van der Waals surface area contributed by atoms with E-state index in [9.17, 15) is 9.18 Å². The van der Waals surface area contributed by atoms with Gasteiger partial charge < -0.3 is 5.73 Å². The number of carbonyl (C=O) groups is 1. The lowest BCUT2D eigenvalue weighted by atomic mass is 10.1. The van der Waals surface area contributed by atoms with Crippen LogP contribution in [-0.4, -0.2) is 6.29 Å². The molecule has 66 valence electrons. The summed E-state index contributed by atoms with van der Waals surface area (Å²) in [6, 6.07) is 5.14. The molecule has 0 spiro atoms. The molecule has 2 nitrogen and oxygen atoms in total. The maximum atomic E-state index is 13.1. The fourth-order valence-corrected chi connectivity index (χ4v) is 2.21. The molecule has 0 aliphatic rings. The van der Waals surface area contributed by atoms with Crippen molar-refractivity contribution in [2.24, 2.45) is 0 Å². The largest absolute Gasteiger partial charge is 0.398 e. The Morgan fingerprint density at radius 2 is 2.23 bits per heavy atom. The van der Waals surface area contributed by atoms with E-state index in [1.165, 1.54) is 0 Å². The molecule has 0 amide bonds. The highest BCUT2D eigenvalue weighted by Crippen LogP contribution is 2.32. The first-order valence-corrected chi connectivity index (χ1v) is 4.47. The van der Waals surface area contributed by atoms with Crippen LogP contribution in [0, 0.1) is 5.13 Å². The van der Waals surface area contributed by atoms with Gasteiger partial charge in [0, 0.05) is 15.8 Å². The number of carbonyl (C=O) groups excluding carboxylic acids is 1. The predicted molar refractivity (Wildman–Crippen MR) is 51.6 cm³/mol. The zero-order chi connectivity index (χ0) is 9.42. The summed E-state index contributed by atoms with van der Waals surface area (Å²) < 4.78 is 13.8. The summed E-state index contributed by atoms with van der Waals surface area (Å²) in [5.74, 6) is 0. The second-order valence-electron chi connectivity index (χ2n) is 2.63. The Balaban J connectivity index is 2.96. The Hall–Kier alpha value is -1.42. The van der Waals surface area contributed by atoms with E-state index in [1.54, 1.807) is 18.2 Å². The van der Waals surface area contributed by atoms with Gasteiger partial charge in [-0.05, 0) is 12.1 Å². The lowest BCUT2D eigenvalue weighted by Crippen LogP contribution is -1.88. The number of nitrogens with two attached hydrogens (primary N) is 1. The highest BCUT2D eigenvalue weighted by molar-refractivity contribution is 7.18. The average Bonchev–Trinajstić information content (AvgIpc) is 2.42. The number of halogens is 1. The number of aldehydes is 1. The first-order valence-electron chi connectivity index (χ1n) is 3.65. The minimum Gasteiger partial charge on any atom is -0.398 e.